The molecular formula is C11H13NO5. The highest BCUT2D eigenvalue weighted by molar-refractivity contribution is 5.94. The highest BCUT2D eigenvalue weighted by Crippen LogP contribution is 2.15. The lowest BCUT2D eigenvalue weighted by molar-refractivity contribution is -0.147. The molecule has 92 valence electrons. The minimum atomic E-state index is -1.07. The molecule has 0 saturated carbocycles. The number of aliphatic carboxylic acids is 1. The van der Waals surface area contributed by atoms with E-state index in [4.69, 9.17) is 14.3 Å². The second-order valence-corrected chi connectivity index (χ2v) is 3.92. The van der Waals surface area contributed by atoms with Crippen molar-refractivity contribution < 1.29 is 23.8 Å². The number of carboxylic acids is 1. The summed E-state index contributed by atoms with van der Waals surface area (Å²) in [4.78, 5) is 24.3. The smallest absolute Gasteiger partial charge is 0.328 e. The molecule has 0 radical (unpaired) electrons. The van der Waals surface area contributed by atoms with E-state index in [2.05, 4.69) is 0 Å². The molecule has 1 saturated heterocycles. The number of hydrogen-bond donors (Lipinski definition) is 1. The minimum Gasteiger partial charge on any atom is -0.480 e. The zero-order valence-corrected chi connectivity index (χ0v) is 9.38. The maximum Gasteiger partial charge on any atom is 0.328 e. The Kier molecular flexibility index (Phi) is 3.14. The van der Waals surface area contributed by atoms with Crippen molar-refractivity contribution in [2.24, 2.45) is 0 Å². The Labute approximate surface area is 97.8 Å². The number of hydrogen-bond acceptors (Lipinski definition) is 4. The molecule has 0 aliphatic carbocycles. The molecule has 1 amide bonds. The van der Waals surface area contributed by atoms with Crippen molar-refractivity contribution >= 4 is 11.9 Å². The molecule has 1 aliphatic heterocycles. The van der Waals surface area contributed by atoms with E-state index < -0.39 is 17.9 Å². The van der Waals surface area contributed by atoms with Crippen LogP contribution < -0.4 is 0 Å². The summed E-state index contributed by atoms with van der Waals surface area (Å²) < 4.78 is 10.1. The van der Waals surface area contributed by atoms with Gasteiger partial charge in [0, 0.05) is 6.54 Å². The summed E-state index contributed by atoms with van der Waals surface area (Å²) in [6.07, 6.45) is 1.46. The largest absolute Gasteiger partial charge is 0.480 e. The van der Waals surface area contributed by atoms with Crippen LogP contribution in [0, 0.1) is 6.92 Å². The Bertz CT molecular complexity index is 439. The molecular weight excluding hydrogens is 226 g/mol. The van der Waals surface area contributed by atoms with Crippen molar-refractivity contribution in [2.45, 2.75) is 13.0 Å². The van der Waals surface area contributed by atoms with Gasteiger partial charge in [0.25, 0.3) is 5.91 Å². The Morgan fingerprint density at radius 3 is 2.88 bits per heavy atom. The molecule has 6 nitrogen and oxygen atoms in total. The fraction of sp³-hybridized carbons (Fsp3) is 0.455. The predicted octanol–water partition coefficient (Wildman–Crippen LogP) is 0.514. The zero-order valence-electron chi connectivity index (χ0n) is 9.38. The number of carbonyl (C=O) groups excluding carboxylic acids is 1. The minimum absolute atomic E-state index is 0.0146. The summed E-state index contributed by atoms with van der Waals surface area (Å²) in [5, 5.41) is 9.01. The molecule has 2 heterocycles. The molecule has 1 atom stereocenters. The topological polar surface area (TPSA) is 80.0 Å². The van der Waals surface area contributed by atoms with Crippen LogP contribution in [0.15, 0.2) is 16.7 Å². The second-order valence-electron chi connectivity index (χ2n) is 3.92. The Morgan fingerprint density at radius 2 is 2.29 bits per heavy atom. The normalized spacial score (nSPS) is 20.3. The number of morpholine rings is 1. The van der Waals surface area contributed by atoms with Gasteiger partial charge in [0.2, 0.25) is 0 Å². The van der Waals surface area contributed by atoms with Gasteiger partial charge in [-0.3, -0.25) is 4.79 Å². The first-order valence-electron chi connectivity index (χ1n) is 5.26. The SMILES string of the molecule is Cc1coc(C(=O)N2CCOCC2C(=O)O)c1. The Balaban J connectivity index is 2.19. The van der Waals surface area contributed by atoms with Crippen molar-refractivity contribution in [3.05, 3.63) is 23.7 Å². The van der Waals surface area contributed by atoms with E-state index >= 15 is 0 Å². The van der Waals surface area contributed by atoms with Crippen LogP contribution in [0.4, 0.5) is 0 Å². The van der Waals surface area contributed by atoms with E-state index in [-0.39, 0.29) is 18.9 Å². The second kappa shape index (κ2) is 4.58. The first kappa shape index (κ1) is 11.7. The average Bonchev–Trinajstić information content (AvgIpc) is 2.75. The van der Waals surface area contributed by atoms with Gasteiger partial charge in [-0.15, -0.1) is 0 Å². The zero-order chi connectivity index (χ0) is 12.4. The van der Waals surface area contributed by atoms with Crippen LogP contribution in [-0.2, 0) is 9.53 Å². The summed E-state index contributed by atoms with van der Waals surface area (Å²) in [6.45, 7) is 2.42. The fourth-order valence-electron chi connectivity index (χ4n) is 1.74. The Morgan fingerprint density at radius 1 is 1.53 bits per heavy atom. The van der Waals surface area contributed by atoms with Crippen molar-refractivity contribution in [2.75, 3.05) is 19.8 Å². The quantitative estimate of drug-likeness (QED) is 0.813. The molecule has 0 aromatic carbocycles. The Hall–Kier alpha value is -1.82. The third kappa shape index (κ3) is 2.31. The van der Waals surface area contributed by atoms with Gasteiger partial charge in [0.05, 0.1) is 19.5 Å². The van der Waals surface area contributed by atoms with Gasteiger partial charge in [0.1, 0.15) is 0 Å². The van der Waals surface area contributed by atoms with Gasteiger partial charge in [-0.25, -0.2) is 4.79 Å². The van der Waals surface area contributed by atoms with Crippen molar-refractivity contribution in [3.63, 3.8) is 0 Å². The molecule has 1 fully saturated rings. The van der Waals surface area contributed by atoms with Gasteiger partial charge < -0.3 is 19.2 Å². The van der Waals surface area contributed by atoms with Gasteiger partial charge in [-0.2, -0.15) is 0 Å². The molecule has 1 N–H and O–H groups in total. The van der Waals surface area contributed by atoms with E-state index in [9.17, 15) is 9.59 Å². The predicted molar refractivity (Wildman–Crippen MR) is 56.7 cm³/mol. The number of rotatable bonds is 2. The maximum atomic E-state index is 12.0. The number of carbonyl (C=O) groups is 2. The highest BCUT2D eigenvalue weighted by atomic mass is 16.5. The molecule has 1 unspecified atom stereocenters. The highest BCUT2D eigenvalue weighted by Gasteiger charge is 2.34. The van der Waals surface area contributed by atoms with Crippen LogP contribution >= 0.6 is 0 Å². The number of amides is 1. The maximum absolute atomic E-state index is 12.0. The van der Waals surface area contributed by atoms with Crippen molar-refractivity contribution in [1.29, 1.82) is 0 Å². The molecule has 1 aromatic rings. The molecule has 2 rings (SSSR count). The summed E-state index contributed by atoms with van der Waals surface area (Å²) in [5.41, 5.74) is 0.827. The van der Waals surface area contributed by atoms with Gasteiger partial charge in [-0.1, -0.05) is 0 Å². The van der Waals surface area contributed by atoms with Crippen LogP contribution in [-0.4, -0.2) is 47.7 Å². The standard InChI is InChI=1S/C11H13NO5/c1-7-4-9(17-5-7)10(13)12-2-3-16-6-8(12)11(14)15/h4-5,8H,2-3,6H2,1H3,(H,14,15). The lowest BCUT2D eigenvalue weighted by atomic mass is 10.2. The monoisotopic (exact) mass is 239 g/mol. The average molecular weight is 239 g/mol. The van der Waals surface area contributed by atoms with Crippen LogP contribution in [0.1, 0.15) is 16.1 Å². The summed E-state index contributed by atoms with van der Waals surface area (Å²) in [7, 11) is 0. The molecule has 6 heteroatoms. The van der Waals surface area contributed by atoms with Crippen LogP contribution in [0.3, 0.4) is 0 Å². The first-order valence-corrected chi connectivity index (χ1v) is 5.26. The molecule has 0 spiro atoms. The van der Waals surface area contributed by atoms with Crippen LogP contribution in [0.2, 0.25) is 0 Å². The summed E-state index contributed by atoms with van der Waals surface area (Å²) >= 11 is 0. The first-order chi connectivity index (χ1) is 8.09. The van der Waals surface area contributed by atoms with Crippen LogP contribution in [0.25, 0.3) is 0 Å². The van der Waals surface area contributed by atoms with Gasteiger partial charge in [-0.05, 0) is 18.6 Å². The summed E-state index contributed by atoms with van der Waals surface area (Å²) in [5.74, 6) is -1.31. The van der Waals surface area contributed by atoms with Crippen LogP contribution in [0.5, 0.6) is 0 Å². The van der Waals surface area contributed by atoms with E-state index in [0.717, 1.165) is 5.56 Å². The molecule has 1 aromatic heterocycles. The number of nitrogens with zero attached hydrogens (tertiary/aromatic N) is 1. The summed E-state index contributed by atoms with van der Waals surface area (Å²) in [6, 6.07) is 0.651. The number of aryl methyl sites for hydroxylation is 1. The van der Waals surface area contributed by atoms with E-state index in [1.165, 1.54) is 11.2 Å². The number of furan rings is 1. The number of carboxylic acid groups (broad SMARTS) is 1. The molecule has 0 bridgehead atoms. The van der Waals surface area contributed by atoms with E-state index in [1.807, 2.05) is 0 Å². The van der Waals surface area contributed by atoms with E-state index in [1.54, 1.807) is 13.0 Å². The van der Waals surface area contributed by atoms with Crippen molar-refractivity contribution in [1.82, 2.24) is 4.90 Å². The molecule has 17 heavy (non-hydrogen) atoms. The third-order valence-electron chi connectivity index (χ3n) is 2.62. The van der Waals surface area contributed by atoms with Crippen molar-refractivity contribution in [3.8, 4) is 0 Å². The fourth-order valence-corrected chi connectivity index (χ4v) is 1.74. The number of ether oxygens (including phenoxy) is 1. The third-order valence-corrected chi connectivity index (χ3v) is 2.62. The molecule has 1 aliphatic rings. The lowest BCUT2D eigenvalue weighted by Gasteiger charge is -2.32. The van der Waals surface area contributed by atoms with E-state index in [0.29, 0.717) is 6.61 Å². The van der Waals surface area contributed by atoms with Gasteiger partial charge in [0.15, 0.2) is 11.8 Å². The van der Waals surface area contributed by atoms with Gasteiger partial charge >= 0.3 is 5.97 Å². The lowest BCUT2D eigenvalue weighted by Crippen LogP contribution is -2.52.